The Morgan fingerprint density at radius 3 is 2.83 bits per heavy atom. The molecule has 0 aliphatic heterocycles. The van der Waals surface area contributed by atoms with E-state index in [9.17, 15) is 9.18 Å². The van der Waals surface area contributed by atoms with Gasteiger partial charge in [0.2, 0.25) is 0 Å². The van der Waals surface area contributed by atoms with Crippen LogP contribution in [0.2, 0.25) is 0 Å². The van der Waals surface area contributed by atoms with Crippen LogP contribution in [0.15, 0.2) is 24.3 Å². The second-order valence-corrected chi connectivity index (χ2v) is 5.65. The molecule has 0 unspecified atom stereocenters. The summed E-state index contributed by atoms with van der Waals surface area (Å²) in [6.07, 6.45) is 2.96. The van der Waals surface area contributed by atoms with Crippen LogP contribution in [0.4, 0.5) is 4.39 Å². The third-order valence-electron chi connectivity index (χ3n) is 4.11. The summed E-state index contributed by atoms with van der Waals surface area (Å²) in [7, 11) is 1.68. The van der Waals surface area contributed by atoms with Crippen LogP contribution in [-0.2, 0) is 12.8 Å². The average Bonchev–Trinajstić information content (AvgIpc) is 3.15. The van der Waals surface area contributed by atoms with Gasteiger partial charge >= 0.3 is 0 Å². The average molecular weight is 312 g/mol. The Bertz CT molecular complexity index is 773. The van der Waals surface area contributed by atoms with Crippen LogP contribution in [-0.4, -0.2) is 34.2 Å². The molecule has 3 rings (SSSR count). The first kappa shape index (κ1) is 15.2. The maximum absolute atomic E-state index is 13.1. The van der Waals surface area contributed by atoms with E-state index in [1.165, 1.54) is 17.0 Å². The van der Waals surface area contributed by atoms with Crippen molar-refractivity contribution in [3.63, 3.8) is 0 Å². The fourth-order valence-corrected chi connectivity index (χ4v) is 2.91. The minimum Gasteiger partial charge on any atom is -0.339 e. The Morgan fingerprint density at radius 2 is 2.13 bits per heavy atom. The summed E-state index contributed by atoms with van der Waals surface area (Å²) in [5.74, 6) is -0.468. The molecule has 1 aromatic heterocycles. The Kier molecular flexibility index (Phi) is 4.11. The molecule has 1 aliphatic carbocycles. The number of carbonyl (C=O) groups excluding carboxylic acids is 1. The highest BCUT2D eigenvalue weighted by Crippen LogP contribution is 2.28. The van der Waals surface area contributed by atoms with Gasteiger partial charge in [-0.3, -0.25) is 4.79 Å². The van der Waals surface area contributed by atoms with Gasteiger partial charge in [-0.2, -0.15) is 10.4 Å². The summed E-state index contributed by atoms with van der Waals surface area (Å²) in [5.41, 5.74) is 3.20. The second-order valence-electron chi connectivity index (χ2n) is 5.65. The van der Waals surface area contributed by atoms with Gasteiger partial charge in [-0.15, -0.1) is 0 Å². The number of hydrogen-bond acceptors (Lipinski definition) is 3. The van der Waals surface area contributed by atoms with Crippen molar-refractivity contribution in [2.45, 2.75) is 25.7 Å². The van der Waals surface area contributed by atoms with E-state index in [0.29, 0.717) is 18.7 Å². The molecular formula is C17H17FN4O. The zero-order chi connectivity index (χ0) is 16.4. The highest BCUT2D eigenvalue weighted by atomic mass is 19.1. The molecule has 23 heavy (non-hydrogen) atoms. The van der Waals surface area contributed by atoms with Crippen molar-refractivity contribution in [1.82, 2.24) is 14.7 Å². The van der Waals surface area contributed by atoms with Gasteiger partial charge in [-0.25, -0.2) is 9.07 Å². The topological polar surface area (TPSA) is 61.9 Å². The van der Waals surface area contributed by atoms with Gasteiger partial charge in [0.05, 0.1) is 18.2 Å². The van der Waals surface area contributed by atoms with E-state index in [-0.39, 0.29) is 11.7 Å². The monoisotopic (exact) mass is 312 g/mol. The first-order valence-electron chi connectivity index (χ1n) is 7.61. The number of rotatable bonds is 4. The van der Waals surface area contributed by atoms with Crippen molar-refractivity contribution in [1.29, 1.82) is 5.26 Å². The fraction of sp³-hybridized carbons (Fsp3) is 0.353. The molecule has 0 N–H and O–H groups in total. The first-order chi connectivity index (χ1) is 11.1. The molecule has 1 heterocycles. The summed E-state index contributed by atoms with van der Waals surface area (Å²) < 4.78 is 14.9. The maximum Gasteiger partial charge on any atom is 0.274 e. The minimum atomic E-state index is -0.301. The van der Waals surface area contributed by atoms with Gasteiger partial charge in [-0.1, -0.05) is 0 Å². The second kappa shape index (κ2) is 6.21. The SMILES string of the molecule is CN(CCC#N)C(=O)c1nn(-c2ccc(F)cc2)c2c1CCC2. The highest BCUT2D eigenvalue weighted by Gasteiger charge is 2.28. The van der Waals surface area contributed by atoms with Crippen LogP contribution in [0.25, 0.3) is 5.69 Å². The van der Waals surface area contributed by atoms with Crippen LogP contribution < -0.4 is 0 Å². The first-order valence-corrected chi connectivity index (χ1v) is 7.61. The summed E-state index contributed by atoms with van der Waals surface area (Å²) in [6, 6.07) is 8.14. The molecule has 0 bridgehead atoms. The number of carbonyl (C=O) groups is 1. The molecule has 2 aromatic rings. The highest BCUT2D eigenvalue weighted by molar-refractivity contribution is 5.94. The molecule has 0 saturated heterocycles. The predicted octanol–water partition coefficient (Wildman–Crippen LogP) is 2.49. The summed E-state index contributed by atoms with van der Waals surface area (Å²) in [6.45, 7) is 0.382. The van der Waals surface area contributed by atoms with Crippen molar-refractivity contribution in [3.05, 3.63) is 47.0 Å². The van der Waals surface area contributed by atoms with E-state index in [1.54, 1.807) is 23.9 Å². The van der Waals surface area contributed by atoms with E-state index in [2.05, 4.69) is 5.10 Å². The quantitative estimate of drug-likeness (QED) is 0.871. The van der Waals surface area contributed by atoms with Gasteiger partial charge in [0.25, 0.3) is 5.91 Å². The molecule has 0 saturated carbocycles. The number of halogens is 1. The molecule has 6 heteroatoms. The third-order valence-corrected chi connectivity index (χ3v) is 4.11. The number of fused-ring (bicyclic) bond motifs is 1. The zero-order valence-electron chi connectivity index (χ0n) is 12.9. The molecule has 0 fully saturated rings. The normalized spacial score (nSPS) is 12.7. The molecule has 1 aliphatic rings. The maximum atomic E-state index is 13.1. The largest absolute Gasteiger partial charge is 0.339 e. The van der Waals surface area contributed by atoms with E-state index in [4.69, 9.17) is 5.26 Å². The lowest BCUT2D eigenvalue weighted by Gasteiger charge is -2.14. The Balaban J connectivity index is 1.97. The number of amides is 1. The summed E-state index contributed by atoms with van der Waals surface area (Å²) in [4.78, 5) is 14.1. The molecule has 0 atom stereocenters. The lowest BCUT2D eigenvalue weighted by molar-refractivity contribution is 0.0790. The fourth-order valence-electron chi connectivity index (χ4n) is 2.91. The lowest BCUT2D eigenvalue weighted by atomic mass is 10.2. The van der Waals surface area contributed by atoms with Crippen LogP contribution >= 0.6 is 0 Å². The number of nitriles is 1. The van der Waals surface area contributed by atoms with Gasteiger partial charge in [-0.05, 0) is 43.5 Å². The molecular weight excluding hydrogens is 295 g/mol. The van der Waals surface area contributed by atoms with Crippen molar-refractivity contribution in [2.75, 3.05) is 13.6 Å². The van der Waals surface area contributed by atoms with Crippen LogP contribution in [0, 0.1) is 17.1 Å². The number of nitrogens with zero attached hydrogens (tertiary/aromatic N) is 4. The van der Waals surface area contributed by atoms with Crippen molar-refractivity contribution >= 4 is 5.91 Å². The van der Waals surface area contributed by atoms with Crippen molar-refractivity contribution in [2.24, 2.45) is 0 Å². The van der Waals surface area contributed by atoms with E-state index in [0.717, 1.165) is 36.2 Å². The third kappa shape index (κ3) is 2.82. The molecule has 0 radical (unpaired) electrons. The molecule has 5 nitrogen and oxygen atoms in total. The molecule has 0 spiro atoms. The Labute approximate surface area is 133 Å². The minimum absolute atomic E-state index is 0.167. The van der Waals surface area contributed by atoms with Crippen LogP contribution in [0.5, 0.6) is 0 Å². The van der Waals surface area contributed by atoms with E-state index in [1.807, 2.05) is 6.07 Å². The van der Waals surface area contributed by atoms with Crippen LogP contribution in [0.1, 0.15) is 34.6 Å². The molecule has 1 amide bonds. The van der Waals surface area contributed by atoms with Gasteiger partial charge in [0.15, 0.2) is 5.69 Å². The Morgan fingerprint density at radius 1 is 1.39 bits per heavy atom. The zero-order valence-corrected chi connectivity index (χ0v) is 12.9. The summed E-state index contributed by atoms with van der Waals surface area (Å²) >= 11 is 0. The van der Waals surface area contributed by atoms with Gasteiger partial charge in [0.1, 0.15) is 5.82 Å². The van der Waals surface area contributed by atoms with Crippen molar-refractivity contribution in [3.8, 4) is 11.8 Å². The summed E-state index contributed by atoms with van der Waals surface area (Å²) in [5, 5.41) is 13.1. The number of benzene rings is 1. The number of hydrogen-bond donors (Lipinski definition) is 0. The van der Waals surface area contributed by atoms with E-state index < -0.39 is 0 Å². The smallest absolute Gasteiger partial charge is 0.274 e. The number of aromatic nitrogens is 2. The molecule has 118 valence electrons. The van der Waals surface area contributed by atoms with Crippen LogP contribution in [0.3, 0.4) is 0 Å². The molecule has 1 aromatic carbocycles. The van der Waals surface area contributed by atoms with Gasteiger partial charge in [0, 0.05) is 24.8 Å². The standard InChI is InChI=1S/C17H17FN4O/c1-21(11-3-10-19)17(23)16-14-4-2-5-15(14)22(20-16)13-8-6-12(18)7-9-13/h6-9H,2-5,11H2,1H3. The van der Waals surface area contributed by atoms with E-state index >= 15 is 0 Å². The lowest BCUT2D eigenvalue weighted by Crippen LogP contribution is -2.28. The predicted molar refractivity (Wildman–Crippen MR) is 82.7 cm³/mol. The Hall–Kier alpha value is -2.68. The van der Waals surface area contributed by atoms with Crippen molar-refractivity contribution < 1.29 is 9.18 Å². The van der Waals surface area contributed by atoms with Gasteiger partial charge < -0.3 is 4.90 Å².